The van der Waals surface area contributed by atoms with Crippen molar-refractivity contribution in [3.63, 3.8) is 0 Å². The van der Waals surface area contributed by atoms with Crippen molar-refractivity contribution in [2.24, 2.45) is 0 Å². The average Bonchev–Trinajstić information content (AvgIpc) is 2.41. The standard InChI is InChI=1S/C14H22N2O2.ClH/c1-3-18-13(12-8-5-4-6-9-12)14(17)16-11-7-10-15-2;/h4-6,8-9,13,15H,3,7,10-11H2,1-2H3,(H,16,17);1H. The Balaban J connectivity index is 0.00000324. The van der Waals surface area contributed by atoms with E-state index in [0.717, 1.165) is 18.5 Å². The summed E-state index contributed by atoms with van der Waals surface area (Å²) in [6, 6.07) is 9.57. The fourth-order valence-corrected chi connectivity index (χ4v) is 1.69. The second kappa shape index (κ2) is 10.8. The first-order chi connectivity index (χ1) is 8.79. The topological polar surface area (TPSA) is 50.4 Å². The molecule has 0 aliphatic heterocycles. The molecule has 19 heavy (non-hydrogen) atoms. The summed E-state index contributed by atoms with van der Waals surface area (Å²) >= 11 is 0. The first kappa shape index (κ1) is 17.9. The molecule has 0 heterocycles. The zero-order valence-corrected chi connectivity index (χ0v) is 12.3. The van der Waals surface area contributed by atoms with E-state index >= 15 is 0 Å². The highest BCUT2D eigenvalue weighted by atomic mass is 35.5. The summed E-state index contributed by atoms with van der Waals surface area (Å²) in [5.74, 6) is -0.0702. The van der Waals surface area contributed by atoms with Crippen LogP contribution in [0.5, 0.6) is 0 Å². The van der Waals surface area contributed by atoms with Crippen LogP contribution < -0.4 is 10.6 Å². The zero-order chi connectivity index (χ0) is 13.2. The van der Waals surface area contributed by atoms with E-state index in [4.69, 9.17) is 4.74 Å². The van der Waals surface area contributed by atoms with E-state index in [1.165, 1.54) is 0 Å². The van der Waals surface area contributed by atoms with E-state index in [9.17, 15) is 4.79 Å². The monoisotopic (exact) mass is 286 g/mol. The third kappa shape index (κ3) is 6.57. The molecule has 1 aromatic rings. The van der Waals surface area contributed by atoms with Gasteiger partial charge in [0, 0.05) is 13.2 Å². The summed E-state index contributed by atoms with van der Waals surface area (Å²) in [4.78, 5) is 12.0. The smallest absolute Gasteiger partial charge is 0.253 e. The molecular weight excluding hydrogens is 264 g/mol. The molecule has 0 saturated heterocycles. The van der Waals surface area contributed by atoms with E-state index in [0.29, 0.717) is 13.2 Å². The lowest BCUT2D eigenvalue weighted by Crippen LogP contribution is -2.32. The van der Waals surface area contributed by atoms with Gasteiger partial charge in [-0.05, 0) is 32.5 Å². The molecular formula is C14H23ClN2O2. The third-order valence-corrected chi connectivity index (χ3v) is 2.58. The second-order valence-corrected chi connectivity index (χ2v) is 3.99. The zero-order valence-electron chi connectivity index (χ0n) is 11.5. The first-order valence-corrected chi connectivity index (χ1v) is 6.38. The lowest BCUT2D eigenvalue weighted by atomic mass is 10.1. The molecule has 0 aliphatic carbocycles. The maximum Gasteiger partial charge on any atom is 0.253 e. The van der Waals surface area contributed by atoms with Crippen LogP contribution in [0.1, 0.15) is 25.0 Å². The van der Waals surface area contributed by atoms with Crippen LogP contribution >= 0.6 is 12.4 Å². The molecule has 0 radical (unpaired) electrons. The van der Waals surface area contributed by atoms with Gasteiger partial charge >= 0.3 is 0 Å². The van der Waals surface area contributed by atoms with E-state index in [-0.39, 0.29) is 18.3 Å². The Labute approximate surface area is 121 Å². The Hall–Kier alpha value is -1.10. The number of ether oxygens (including phenoxy) is 1. The van der Waals surface area contributed by atoms with Crippen LogP contribution in [-0.2, 0) is 9.53 Å². The molecule has 2 N–H and O–H groups in total. The van der Waals surface area contributed by atoms with E-state index in [1.54, 1.807) is 0 Å². The van der Waals surface area contributed by atoms with Gasteiger partial charge in [0.05, 0.1) is 0 Å². The highest BCUT2D eigenvalue weighted by molar-refractivity contribution is 5.85. The average molecular weight is 287 g/mol. The van der Waals surface area contributed by atoms with Crippen molar-refractivity contribution in [2.45, 2.75) is 19.4 Å². The lowest BCUT2D eigenvalue weighted by molar-refractivity contribution is -0.133. The van der Waals surface area contributed by atoms with Crippen molar-refractivity contribution in [2.75, 3.05) is 26.7 Å². The van der Waals surface area contributed by atoms with Crippen molar-refractivity contribution in [3.05, 3.63) is 35.9 Å². The molecule has 1 amide bonds. The number of amides is 1. The number of rotatable bonds is 8. The number of carbonyl (C=O) groups excluding carboxylic acids is 1. The fraction of sp³-hybridized carbons (Fsp3) is 0.500. The molecule has 0 spiro atoms. The van der Waals surface area contributed by atoms with Crippen molar-refractivity contribution in [3.8, 4) is 0 Å². The van der Waals surface area contributed by atoms with Gasteiger partial charge in [-0.2, -0.15) is 0 Å². The summed E-state index contributed by atoms with van der Waals surface area (Å²) < 4.78 is 5.52. The molecule has 4 nitrogen and oxygen atoms in total. The molecule has 5 heteroatoms. The predicted octanol–water partition coefficient (Wildman–Crippen LogP) is 1.91. The normalized spacial score (nSPS) is 11.5. The molecule has 0 saturated carbocycles. The molecule has 1 atom stereocenters. The molecule has 108 valence electrons. The van der Waals surface area contributed by atoms with Crippen LogP contribution in [-0.4, -0.2) is 32.7 Å². The quantitative estimate of drug-likeness (QED) is 0.718. The maximum absolute atomic E-state index is 12.0. The Morgan fingerprint density at radius 2 is 1.95 bits per heavy atom. The fourth-order valence-electron chi connectivity index (χ4n) is 1.69. The van der Waals surface area contributed by atoms with Crippen LogP contribution in [0.2, 0.25) is 0 Å². The van der Waals surface area contributed by atoms with Gasteiger partial charge in [0.1, 0.15) is 0 Å². The maximum atomic E-state index is 12.0. The summed E-state index contributed by atoms with van der Waals surface area (Å²) in [6.45, 7) is 3.97. The molecule has 0 aliphatic rings. The molecule has 0 bridgehead atoms. The third-order valence-electron chi connectivity index (χ3n) is 2.58. The minimum atomic E-state index is -0.509. The minimum absolute atomic E-state index is 0. The van der Waals surface area contributed by atoms with Gasteiger partial charge in [0.2, 0.25) is 0 Å². The van der Waals surface area contributed by atoms with Crippen molar-refractivity contribution < 1.29 is 9.53 Å². The SMILES string of the molecule is CCOC(C(=O)NCCCNC)c1ccccc1.Cl. The van der Waals surface area contributed by atoms with Gasteiger partial charge in [0.15, 0.2) is 6.10 Å². The van der Waals surface area contributed by atoms with Gasteiger partial charge in [-0.15, -0.1) is 12.4 Å². The van der Waals surface area contributed by atoms with Crippen molar-refractivity contribution in [1.82, 2.24) is 10.6 Å². The van der Waals surface area contributed by atoms with Crippen LogP contribution in [0, 0.1) is 0 Å². The minimum Gasteiger partial charge on any atom is -0.364 e. The predicted molar refractivity (Wildman–Crippen MR) is 79.6 cm³/mol. The van der Waals surface area contributed by atoms with E-state index in [2.05, 4.69) is 10.6 Å². The number of carbonyl (C=O) groups is 1. The van der Waals surface area contributed by atoms with Crippen LogP contribution in [0.25, 0.3) is 0 Å². The van der Waals surface area contributed by atoms with Gasteiger partial charge in [-0.3, -0.25) is 4.79 Å². The van der Waals surface area contributed by atoms with Crippen LogP contribution in [0.4, 0.5) is 0 Å². The number of halogens is 1. The molecule has 1 unspecified atom stereocenters. The second-order valence-electron chi connectivity index (χ2n) is 3.99. The summed E-state index contributed by atoms with van der Waals surface area (Å²) in [7, 11) is 1.90. The van der Waals surface area contributed by atoms with Crippen LogP contribution in [0.15, 0.2) is 30.3 Å². The van der Waals surface area contributed by atoms with Crippen molar-refractivity contribution in [1.29, 1.82) is 0 Å². The van der Waals surface area contributed by atoms with E-state index in [1.807, 2.05) is 44.3 Å². The van der Waals surface area contributed by atoms with Gasteiger partial charge in [0.25, 0.3) is 5.91 Å². The molecule has 0 aromatic heterocycles. The molecule has 1 aromatic carbocycles. The Bertz CT molecular complexity index is 347. The van der Waals surface area contributed by atoms with Gasteiger partial charge in [-0.1, -0.05) is 30.3 Å². The van der Waals surface area contributed by atoms with Crippen LogP contribution in [0.3, 0.4) is 0 Å². The highest BCUT2D eigenvalue weighted by Gasteiger charge is 2.19. The Morgan fingerprint density at radius 3 is 2.53 bits per heavy atom. The number of hydrogen-bond acceptors (Lipinski definition) is 3. The van der Waals surface area contributed by atoms with Gasteiger partial charge < -0.3 is 15.4 Å². The number of benzene rings is 1. The number of nitrogens with one attached hydrogen (secondary N) is 2. The largest absolute Gasteiger partial charge is 0.364 e. The Kier molecular flexibility index (Phi) is 10.2. The molecule has 1 rings (SSSR count). The number of hydrogen-bond donors (Lipinski definition) is 2. The van der Waals surface area contributed by atoms with E-state index < -0.39 is 6.10 Å². The van der Waals surface area contributed by atoms with Crippen molar-refractivity contribution >= 4 is 18.3 Å². The first-order valence-electron chi connectivity index (χ1n) is 6.38. The lowest BCUT2D eigenvalue weighted by Gasteiger charge is -2.17. The summed E-state index contributed by atoms with van der Waals surface area (Å²) in [6.07, 6.45) is 0.404. The summed E-state index contributed by atoms with van der Waals surface area (Å²) in [5.41, 5.74) is 0.894. The highest BCUT2D eigenvalue weighted by Crippen LogP contribution is 2.16. The molecule has 0 fully saturated rings. The van der Waals surface area contributed by atoms with Gasteiger partial charge in [-0.25, -0.2) is 0 Å². The summed E-state index contributed by atoms with van der Waals surface area (Å²) in [5, 5.41) is 5.94. The Morgan fingerprint density at radius 1 is 1.26 bits per heavy atom.